The molecular formula is C28H36N2O5. The van der Waals surface area contributed by atoms with Crippen LogP contribution in [0.15, 0.2) is 60.7 Å². The molecule has 0 bridgehead atoms. The highest BCUT2D eigenvalue weighted by Gasteiger charge is 2.54. The first-order valence-electron chi connectivity index (χ1n) is 12.2. The van der Waals surface area contributed by atoms with E-state index < -0.39 is 11.6 Å². The van der Waals surface area contributed by atoms with Gasteiger partial charge in [0.2, 0.25) is 5.91 Å². The second-order valence-corrected chi connectivity index (χ2v) is 9.42. The topological polar surface area (TPSA) is 93.7 Å². The first-order valence-corrected chi connectivity index (χ1v) is 12.2. The van der Waals surface area contributed by atoms with Gasteiger partial charge in [-0.05, 0) is 42.7 Å². The number of benzene rings is 2. The third-order valence-corrected chi connectivity index (χ3v) is 6.88. The monoisotopic (exact) mass is 480 g/mol. The maximum Gasteiger partial charge on any atom is 0.407 e. The van der Waals surface area contributed by atoms with Gasteiger partial charge < -0.3 is 20.1 Å². The lowest BCUT2D eigenvalue weighted by Crippen LogP contribution is -2.69. The van der Waals surface area contributed by atoms with Gasteiger partial charge in [0.25, 0.3) is 0 Å². The summed E-state index contributed by atoms with van der Waals surface area (Å²) in [6.07, 6.45) is 2.64. The molecule has 2 aromatic carbocycles. The van der Waals surface area contributed by atoms with Crippen LogP contribution in [0.3, 0.4) is 0 Å². The van der Waals surface area contributed by atoms with Gasteiger partial charge in [-0.3, -0.25) is 9.59 Å². The Labute approximate surface area is 207 Å². The van der Waals surface area contributed by atoms with E-state index in [1.54, 1.807) is 0 Å². The van der Waals surface area contributed by atoms with E-state index in [4.69, 9.17) is 9.47 Å². The molecule has 2 amide bonds. The average Bonchev–Trinajstić information content (AvgIpc) is 2.84. The van der Waals surface area contributed by atoms with Crippen LogP contribution >= 0.6 is 0 Å². The van der Waals surface area contributed by atoms with Gasteiger partial charge in [0.05, 0.1) is 24.6 Å². The van der Waals surface area contributed by atoms with Gasteiger partial charge in [-0.25, -0.2) is 4.79 Å². The molecule has 2 aromatic rings. The number of amides is 2. The van der Waals surface area contributed by atoms with Crippen LogP contribution in [0.4, 0.5) is 4.79 Å². The molecule has 1 saturated carbocycles. The number of hydrogen-bond donors (Lipinski definition) is 2. The third-order valence-electron chi connectivity index (χ3n) is 6.88. The molecule has 0 radical (unpaired) electrons. The Morgan fingerprint density at radius 1 is 1.00 bits per heavy atom. The van der Waals surface area contributed by atoms with Crippen LogP contribution in [0.1, 0.15) is 50.7 Å². The lowest BCUT2D eigenvalue weighted by Gasteiger charge is -2.51. The molecule has 1 fully saturated rings. The third kappa shape index (κ3) is 7.31. The highest BCUT2D eigenvalue weighted by Crippen LogP contribution is 2.43. The van der Waals surface area contributed by atoms with Crippen molar-refractivity contribution in [3.63, 3.8) is 0 Å². The molecular weight excluding hydrogens is 444 g/mol. The molecule has 7 heteroatoms. The zero-order chi connectivity index (χ0) is 25.3. The van der Waals surface area contributed by atoms with Crippen molar-refractivity contribution in [3.8, 4) is 0 Å². The Kier molecular flexibility index (Phi) is 9.29. The van der Waals surface area contributed by atoms with Crippen molar-refractivity contribution >= 4 is 18.0 Å². The molecule has 0 aromatic heterocycles. The number of alkyl carbamates (subject to hydrolysis) is 1. The fourth-order valence-electron chi connectivity index (χ4n) is 4.93. The summed E-state index contributed by atoms with van der Waals surface area (Å²) in [6.45, 7) is 3.74. The number of carbonyl (C=O) groups excluding carboxylic acids is 3. The van der Waals surface area contributed by atoms with E-state index in [9.17, 15) is 14.4 Å². The van der Waals surface area contributed by atoms with Crippen LogP contribution in [-0.4, -0.2) is 36.7 Å². The molecule has 2 N–H and O–H groups in total. The van der Waals surface area contributed by atoms with Crippen LogP contribution in [0.5, 0.6) is 0 Å². The molecule has 188 valence electrons. The minimum Gasteiger partial charge on any atom is -0.469 e. The summed E-state index contributed by atoms with van der Waals surface area (Å²) in [4.78, 5) is 37.2. The molecule has 0 heterocycles. The Hall–Kier alpha value is -3.35. The molecule has 0 saturated heterocycles. The number of rotatable bonds is 11. The van der Waals surface area contributed by atoms with Crippen LogP contribution in [0.25, 0.3) is 0 Å². The smallest absolute Gasteiger partial charge is 0.407 e. The molecule has 1 aliphatic carbocycles. The van der Waals surface area contributed by atoms with E-state index in [1.807, 2.05) is 48.5 Å². The Balaban J connectivity index is 1.76. The molecule has 35 heavy (non-hydrogen) atoms. The van der Waals surface area contributed by atoms with Crippen LogP contribution < -0.4 is 10.6 Å². The summed E-state index contributed by atoms with van der Waals surface area (Å²) in [7, 11) is 1.36. The van der Waals surface area contributed by atoms with Gasteiger partial charge in [-0.2, -0.15) is 0 Å². The van der Waals surface area contributed by atoms with E-state index in [0.29, 0.717) is 19.3 Å². The summed E-state index contributed by atoms with van der Waals surface area (Å²) in [5.41, 5.74) is 1.32. The minimum absolute atomic E-state index is 0.138. The van der Waals surface area contributed by atoms with Crippen molar-refractivity contribution < 1.29 is 23.9 Å². The lowest BCUT2D eigenvalue weighted by atomic mass is 9.62. The van der Waals surface area contributed by atoms with Crippen molar-refractivity contribution in [2.45, 2.75) is 64.1 Å². The van der Waals surface area contributed by atoms with Crippen molar-refractivity contribution in [2.75, 3.05) is 7.11 Å². The van der Waals surface area contributed by atoms with Crippen LogP contribution in [0.2, 0.25) is 0 Å². The zero-order valence-corrected chi connectivity index (χ0v) is 20.8. The average molecular weight is 481 g/mol. The fourth-order valence-corrected chi connectivity index (χ4v) is 4.93. The SMILES string of the molecule is CCC(Cc1ccccc1)CC(NC(C)=O)C1(NC(=O)OCc2ccccc2)CC(C(=O)OC)C1. The normalized spacial score (nSPS) is 20.6. The number of esters is 1. The number of carbonyl (C=O) groups is 3. The van der Waals surface area contributed by atoms with Gasteiger partial charge in [0.15, 0.2) is 0 Å². The maximum atomic E-state index is 12.8. The second-order valence-electron chi connectivity index (χ2n) is 9.42. The van der Waals surface area contributed by atoms with Gasteiger partial charge in [-0.1, -0.05) is 74.0 Å². The highest BCUT2D eigenvalue weighted by atomic mass is 16.5. The quantitative estimate of drug-likeness (QED) is 0.465. The zero-order valence-electron chi connectivity index (χ0n) is 20.8. The Morgan fingerprint density at radius 3 is 2.14 bits per heavy atom. The van der Waals surface area contributed by atoms with E-state index in [0.717, 1.165) is 18.4 Å². The van der Waals surface area contributed by atoms with Crippen molar-refractivity contribution in [1.29, 1.82) is 0 Å². The first-order chi connectivity index (χ1) is 16.8. The number of ether oxygens (including phenoxy) is 2. The van der Waals surface area contributed by atoms with Crippen molar-refractivity contribution in [2.24, 2.45) is 11.8 Å². The number of methoxy groups -OCH3 is 1. The van der Waals surface area contributed by atoms with Gasteiger partial charge in [0.1, 0.15) is 6.61 Å². The summed E-state index contributed by atoms with van der Waals surface area (Å²) < 4.78 is 10.4. The predicted octanol–water partition coefficient (Wildman–Crippen LogP) is 4.40. The van der Waals surface area contributed by atoms with E-state index >= 15 is 0 Å². The molecule has 1 aliphatic rings. The van der Waals surface area contributed by atoms with Crippen LogP contribution in [-0.2, 0) is 32.1 Å². The second kappa shape index (κ2) is 12.4. The van der Waals surface area contributed by atoms with Crippen LogP contribution in [0, 0.1) is 11.8 Å². The number of hydrogen-bond acceptors (Lipinski definition) is 5. The van der Waals surface area contributed by atoms with Crippen molar-refractivity contribution in [3.05, 3.63) is 71.8 Å². The first kappa shape index (κ1) is 26.3. The summed E-state index contributed by atoms with van der Waals surface area (Å²) in [5, 5.41) is 6.09. The van der Waals surface area contributed by atoms with E-state index in [-0.39, 0.29) is 36.4 Å². The van der Waals surface area contributed by atoms with Crippen molar-refractivity contribution in [1.82, 2.24) is 10.6 Å². The molecule has 3 rings (SSSR count). The minimum atomic E-state index is -0.789. The van der Waals surface area contributed by atoms with E-state index in [2.05, 4.69) is 29.7 Å². The molecule has 0 aliphatic heterocycles. The summed E-state index contributed by atoms with van der Waals surface area (Å²) >= 11 is 0. The summed E-state index contributed by atoms with van der Waals surface area (Å²) in [6, 6.07) is 19.3. The van der Waals surface area contributed by atoms with Gasteiger partial charge in [0, 0.05) is 6.92 Å². The standard InChI is InChI=1S/C28H36N2O5/c1-4-21(15-22-11-7-5-8-12-22)16-25(29-20(2)31)28(17-24(18-28)26(32)34-3)30-27(33)35-19-23-13-9-6-10-14-23/h5-14,21,24-25H,4,15-19H2,1-3H3,(H,29,31)(H,30,33). The highest BCUT2D eigenvalue weighted by molar-refractivity contribution is 5.77. The Morgan fingerprint density at radius 2 is 1.60 bits per heavy atom. The largest absolute Gasteiger partial charge is 0.469 e. The molecule has 7 nitrogen and oxygen atoms in total. The molecule has 0 spiro atoms. The lowest BCUT2D eigenvalue weighted by molar-refractivity contribution is -0.152. The maximum absolute atomic E-state index is 12.8. The molecule has 2 atom stereocenters. The summed E-state index contributed by atoms with van der Waals surface area (Å²) in [5.74, 6) is -0.534. The fraction of sp³-hybridized carbons (Fsp3) is 0.464. The number of nitrogens with one attached hydrogen (secondary N) is 2. The Bertz CT molecular complexity index is 973. The molecule has 2 unspecified atom stereocenters. The predicted molar refractivity (Wildman–Crippen MR) is 133 cm³/mol. The van der Waals surface area contributed by atoms with Gasteiger partial charge >= 0.3 is 12.1 Å². The van der Waals surface area contributed by atoms with Gasteiger partial charge in [-0.15, -0.1) is 0 Å². The van der Waals surface area contributed by atoms with E-state index in [1.165, 1.54) is 19.6 Å².